The third kappa shape index (κ3) is 4.38. The second-order valence-corrected chi connectivity index (χ2v) is 9.96. The van der Waals surface area contributed by atoms with Crippen molar-refractivity contribution in [3.8, 4) is 0 Å². The number of likely N-dealkylation sites (tertiary alicyclic amines) is 1. The molecule has 2 aliphatic heterocycles. The van der Waals surface area contributed by atoms with Gasteiger partial charge < -0.3 is 4.90 Å². The Morgan fingerprint density at radius 3 is 2.48 bits per heavy atom. The summed E-state index contributed by atoms with van der Waals surface area (Å²) in [6.07, 6.45) is 7.20. The van der Waals surface area contributed by atoms with Crippen LogP contribution < -0.4 is 0 Å². The number of nitrogens with zero attached hydrogens (tertiary/aromatic N) is 3. The van der Waals surface area contributed by atoms with Gasteiger partial charge in [-0.25, -0.2) is 8.42 Å². The first-order valence-electron chi connectivity index (χ1n) is 10.4. The molecule has 0 aliphatic carbocycles. The number of piperidine rings is 1. The summed E-state index contributed by atoms with van der Waals surface area (Å²) in [5, 5.41) is 6.32. The molecule has 0 saturated carbocycles. The van der Waals surface area contributed by atoms with Crippen LogP contribution in [0.4, 0.5) is 0 Å². The number of benzene rings is 1. The number of rotatable bonds is 5. The summed E-state index contributed by atoms with van der Waals surface area (Å²) in [6, 6.07) is 10.1. The molecule has 2 aliphatic rings. The molecule has 2 saturated heterocycles. The van der Waals surface area contributed by atoms with Crippen LogP contribution in [0.15, 0.2) is 47.6 Å². The average Bonchev–Trinajstić information content (AvgIpc) is 3.23. The fourth-order valence-electron chi connectivity index (χ4n) is 4.58. The van der Waals surface area contributed by atoms with Gasteiger partial charge in [-0.05, 0) is 37.2 Å². The number of hydrogen-bond donors (Lipinski definition) is 1. The molecule has 29 heavy (non-hydrogen) atoms. The number of carbonyl (C=O) groups is 1. The molecule has 1 N–H and O–H groups in total. The largest absolute Gasteiger partial charge is 0.338 e. The minimum atomic E-state index is -3.50. The lowest BCUT2D eigenvalue weighted by Gasteiger charge is -2.35. The third-order valence-electron chi connectivity index (χ3n) is 6.22. The van der Waals surface area contributed by atoms with Gasteiger partial charge in [0.25, 0.3) is 0 Å². The van der Waals surface area contributed by atoms with E-state index in [1.54, 1.807) is 0 Å². The summed E-state index contributed by atoms with van der Waals surface area (Å²) in [7, 11) is -3.50. The van der Waals surface area contributed by atoms with E-state index in [0.717, 1.165) is 44.2 Å². The van der Waals surface area contributed by atoms with Gasteiger partial charge in [-0.3, -0.25) is 9.89 Å². The maximum Gasteiger partial charge on any atom is 0.246 e. The molecule has 1 aromatic carbocycles. The fraction of sp³-hybridized carbons (Fsp3) is 0.524. The molecular formula is C21H28N4O3S. The Hall–Kier alpha value is -2.19. The van der Waals surface area contributed by atoms with Gasteiger partial charge in [0.15, 0.2) is 0 Å². The van der Waals surface area contributed by atoms with E-state index in [0.29, 0.717) is 19.6 Å². The zero-order valence-electron chi connectivity index (χ0n) is 16.5. The second kappa shape index (κ2) is 8.67. The molecule has 1 unspecified atom stereocenters. The number of nitrogens with one attached hydrogen (secondary N) is 1. The SMILES string of the molecule is O=C1C(C2CCN(S(=O)(=O)c3cn[nH]c3)CC2)CCCCN1Cc1ccccc1. The van der Waals surface area contributed by atoms with Gasteiger partial charge in [-0.1, -0.05) is 36.8 Å². The standard InChI is InChI=1S/C21H28N4O3S/c26-21-20(8-4-5-11-24(21)16-17-6-2-1-3-7-17)18-9-12-25(13-10-18)29(27,28)19-14-22-23-15-19/h1-3,6-7,14-15,18,20H,4-5,8-13,16H2,(H,22,23). The normalized spacial score (nSPS) is 22.6. The summed E-state index contributed by atoms with van der Waals surface area (Å²) >= 11 is 0. The van der Waals surface area contributed by atoms with Crippen molar-refractivity contribution in [2.45, 2.75) is 43.5 Å². The first-order valence-corrected chi connectivity index (χ1v) is 11.8. The molecule has 1 amide bonds. The van der Waals surface area contributed by atoms with Crippen LogP contribution in [0.3, 0.4) is 0 Å². The van der Waals surface area contributed by atoms with Crippen LogP contribution in [0, 0.1) is 11.8 Å². The monoisotopic (exact) mass is 416 g/mol. The van der Waals surface area contributed by atoms with Crippen molar-refractivity contribution in [3.05, 3.63) is 48.3 Å². The van der Waals surface area contributed by atoms with Gasteiger partial charge in [0.2, 0.25) is 15.9 Å². The lowest BCUT2D eigenvalue weighted by atomic mass is 9.81. The van der Waals surface area contributed by atoms with E-state index < -0.39 is 10.0 Å². The minimum Gasteiger partial charge on any atom is -0.338 e. The van der Waals surface area contributed by atoms with Crippen molar-refractivity contribution in [3.63, 3.8) is 0 Å². The Labute approximate surface area is 172 Å². The smallest absolute Gasteiger partial charge is 0.246 e. The van der Waals surface area contributed by atoms with E-state index in [1.807, 2.05) is 23.1 Å². The van der Waals surface area contributed by atoms with Crippen molar-refractivity contribution in [1.82, 2.24) is 19.4 Å². The Morgan fingerprint density at radius 2 is 1.79 bits per heavy atom. The summed E-state index contributed by atoms with van der Waals surface area (Å²) in [6.45, 7) is 2.38. The molecular weight excluding hydrogens is 388 g/mol. The minimum absolute atomic E-state index is 0.00000777. The molecule has 7 nitrogen and oxygen atoms in total. The third-order valence-corrected chi connectivity index (χ3v) is 8.08. The Kier molecular flexibility index (Phi) is 6.01. The molecule has 1 aromatic heterocycles. The Bertz CT molecular complexity index is 907. The molecule has 3 heterocycles. The van der Waals surface area contributed by atoms with Crippen molar-refractivity contribution in [1.29, 1.82) is 0 Å². The first-order chi connectivity index (χ1) is 14.1. The number of hydrogen-bond acceptors (Lipinski definition) is 4. The highest BCUT2D eigenvalue weighted by atomic mass is 32.2. The van der Waals surface area contributed by atoms with Crippen molar-refractivity contribution >= 4 is 15.9 Å². The van der Waals surface area contributed by atoms with Gasteiger partial charge in [-0.2, -0.15) is 9.40 Å². The molecule has 1 atom stereocenters. The average molecular weight is 417 g/mol. The van der Waals surface area contributed by atoms with Crippen LogP contribution in [0.25, 0.3) is 0 Å². The highest BCUT2D eigenvalue weighted by Gasteiger charge is 2.37. The highest BCUT2D eigenvalue weighted by Crippen LogP contribution is 2.34. The number of H-pyrrole nitrogens is 1. The van der Waals surface area contributed by atoms with Crippen LogP contribution in [-0.4, -0.2) is 53.4 Å². The number of amides is 1. The Morgan fingerprint density at radius 1 is 1.03 bits per heavy atom. The van der Waals surface area contributed by atoms with Crippen molar-refractivity contribution in [2.24, 2.45) is 11.8 Å². The molecule has 2 aromatic rings. The zero-order valence-corrected chi connectivity index (χ0v) is 17.4. The van der Waals surface area contributed by atoms with E-state index in [4.69, 9.17) is 0 Å². The maximum absolute atomic E-state index is 13.3. The summed E-state index contributed by atoms with van der Waals surface area (Å²) < 4.78 is 26.9. The number of aromatic nitrogens is 2. The van der Waals surface area contributed by atoms with Crippen LogP contribution in [0.1, 0.15) is 37.7 Å². The molecule has 0 bridgehead atoms. The predicted molar refractivity (Wildman–Crippen MR) is 109 cm³/mol. The van der Waals surface area contributed by atoms with E-state index in [-0.39, 0.29) is 22.6 Å². The zero-order chi connectivity index (χ0) is 20.3. The number of carbonyl (C=O) groups excluding carboxylic acids is 1. The lowest BCUT2D eigenvalue weighted by Crippen LogP contribution is -2.43. The molecule has 0 radical (unpaired) electrons. The van der Waals surface area contributed by atoms with Crippen LogP contribution in [0.2, 0.25) is 0 Å². The van der Waals surface area contributed by atoms with Crippen molar-refractivity contribution in [2.75, 3.05) is 19.6 Å². The van der Waals surface area contributed by atoms with Gasteiger partial charge in [-0.15, -0.1) is 0 Å². The molecule has 4 rings (SSSR count). The lowest BCUT2D eigenvalue weighted by molar-refractivity contribution is -0.137. The molecule has 156 valence electrons. The molecule has 0 spiro atoms. The number of sulfonamides is 1. The van der Waals surface area contributed by atoms with E-state index in [9.17, 15) is 13.2 Å². The van der Waals surface area contributed by atoms with Gasteiger partial charge in [0, 0.05) is 38.3 Å². The van der Waals surface area contributed by atoms with Crippen LogP contribution >= 0.6 is 0 Å². The first kappa shape index (κ1) is 20.1. The maximum atomic E-state index is 13.3. The molecule has 2 fully saturated rings. The van der Waals surface area contributed by atoms with Crippen LogP contribution in [-0.2, 0) is 21.4 Å². The summed E-state index contributed by atoms with van der Waals surface area (Å²) in [5.41, 5.74) is 1.16. The predicted octanol–water partition coefficient (Wildman–Crippen LogP) is 2.64. The van der Waals surface area contributed by atoms with Crippen LogP contribution in [0.5, 0.6) is 0 Å². The summed E-state index contributed by atoms with van der Waals surface area (Å²) in [5.74, 6) is 0.483. The fourth-order valence-corrected chi connectivity index (χ4v) is 5.96. The van der Waals surface area contributed by atoms with Gasteiger partial charge >= 0.3 is 0 Å². The van der Waals surface area contributed by atoms with E-state index in [2.05, 4.69) is 22.3 Å². The van der Waals surface area contributed by atoms with E-state index >= 15 is 0 Å². The van der Waals surface area contributed by atoms with Gasteiger partial charge in [0.1, 0.15) is 4.90 Å². The topological polar surface area (TPSA) is 86.4 Å². The molecule has 8 heteroatoms. The highest BCUT2D eigenvalue weighted by molar-refractivity contribution is 7.89. The number of aromatic amines is 1. The quantitative estimate of drug-likeness (QED) is 0.812. The summed E-state index contributed by atoms with van der Waals surface area (Å²) in [4.78, 5) is 15.5. The second-order valence-electron chi connectivity index (χ2n) is 8.02. The van der Waals surface area contributed by atoms with Gasteiger partial charge in [0.05, 0.1) is 6.20 Å². The Balaban J connectivity index is 1.41. The van der Waals surface area contributed by atoms with Crippen molar-refractivity contribution < 1.29 is 13.2 Å². The van der Waals surface area contributed by atoms with E-state index in [1.165, 1.54) is 16.7 Å².